The lowest BCUT2D eigenvalue weighted by Gasteiger charge is -2.13. The molecule has 0 atom stereocenters. The standard InChI is InChI=1S/C21H25N3O4S/c1-13-8-7-9-17(14(13)2)24-29(25,26)15-10-11-18(27-6)16(12-15)19-22-20(28-23-19)21(3,4)5/h7-12,24H,1-6H3. The molecule has 0 amide bonds. The van der Waals surface area contributed by atoms with E-state index in [9.17, 15) is 8.42 Å². The smallest absolute Gasteiger partial charge is 0.261 e. The summed E-state index contributed by atoms with van der Waals surface area (Å²) in [7, 11) is -2.32. The predicted octanol–water partition coefficient (Wildman–Crippen LogP) is 4.46. The summed E-state index contributed by atoms with van der Waals surface area (Å²) in [5, 5.41) is 4.01. The molecule has 1 N–H and O–H groups in total. The third-order valence-electron chi connectivity index (χ3n) is 4.64. The van der Waals surface area contributed by atoms with Crippen molar-refractivity contribution in [3.8, 4) is 17.1 Å². The molecule has 0 radical (unpaired) electrons. The molecule has 0 fully saturated rings. The van der Waals surface area contributed by atoms with Crippen LogP contribution in [-0.2, 0) is 15.4 Å². The van der Waals surface area contributed by atoms with E-state index in [0.29, 0.717) is 22.9 Å². The second-order valence-electron chi connectivity index (χ2n) is 7.89. The second kappa shape index (κ2) is 7.51. The first-order chi connectivity index (χ1) is 13.5. The van der Waals surface area contributed by atoms with Crippen LogP contribution in [0.5, 0.6) is 5.75 Å². The fourth-order valence-electron chi connectivity index (χ4n) is 2.73. The van der Waals surface area contributed by atoms with Gasteiger partial charge >= 0.3 is 0 Å². The zero-order valence-electron chi connectivity index (χ0n) is 17.4. The summed E-state index contributed by atoms with van der Waals surface area (Å²) in [6.45, 7) is 9.67. The maximum Gasteiger partial charge on any atom is 0.261 e. The van der Waals surface area contributed by atoms with Crippen molar-refractivity contribution in [1.82, 2.24) is 10.1 Å². The molecule has 29 heavy (non-hydrogen) atoms. The van der Waals surface area contributed by atoms with Crippen LogP contribution < -0.4 is 9.46 Å². The lowest BCUT2D eigenvalue weighted by molar-refractivity contribution is 0.321. The molecule has 0 aliphatic carbocycles. The van der Waals surface area contributed by atoms with E-state index >= 15 is 0 Å². The third-order valence-corrected chi connectivity index (χ3v) is 6.00. The normalized spacial score (nSPS) is 12.1. The molecule has 0 spiro atoms. The van der Waals surface area contributed by atoms with E-state index in [-0.39, 0.29) is 16.1 Å². The largest absolute Gasteiger partial charge is 0.496 e. The van der Waals surface area contributed by atoms with Crippen LogP contribution in [-0.4, -0.2) is 25.7 Å². The molecular formula is C21H25N3O4S. The zero-order valence-corrected chi connectivity index (χ0v) is 18.2. The van der Waals surface area contributed by atoms with E-state index in [1.54, 1.807) is 12.1 Å². The molecule has 154 valence electrons. The van der Waals surface area contributed by atoms with Gasteiger partial charge in [-0.3, -0.25) is 4.72 Å². The van der Waals surface area contributed by atoms with Crippen molar-refractivity contribution in [2.24, 2.45) is 0 Å². The summed E-state index contributed by atoms with van der Waals surface area (Å²) < 4.78 is 39.4. The van der Waals surface area contributed by atoms with Gasteiger partial charge in [0.15, 0.2) is 0 Å². The van der Waals surface area contributed by atoms with Gasteiger partial charge in [0.1, 0.15) is 5.75 Å². The van der Waals surface area contributed by atoms with Crippen molar-refractivity contribution in [1.29, 1.82) is 0 Å². The molecule has 0 bridgehead atoms. The Bertz CT molecular complexity index is 1140. The average Bonchev–Trinajstić information content (AvgIpc) is 3.15. The molecule has 1 heterocycles. The monoisotopic (exact) mass is 415 g/mol. The molecule has 2 aromatic carbocycles. The van der Waals surface area contributed by atoms with Crippen LogP contribution in [0.1, 0.15) is 37.8 Å². The van der Waals surface area contributed by atoms with Gasteiger partial charge in [-0.2, -0.15) is 4.98 Å². The summed E-state index contributed by atoms with van der Waals surface area (Å²) >= 11 is 0. The van der Waals surface area contributed by atoms with Gasteiger partial charge in [0, 0.05) is 5.41 Å². The van der Waals surface area contributed by atoms with Gasteiger partial charge in [-0.05, 0) is 49.2 Å². The molecule has 0 saturated heterocycles. The summed E-state index contributed by atoms with van der Waals surface area (Å²) in [5.41, 5.74) is 2.53. The zero-order chi connectivity index (χ0) is 21.4. The first kappa shape index (κ1) is 20.9. The van der Waals surface area contributed by atoms with Crippen molar-refractivity contribution < 1.29 is 17.7 Å². The Labute approximate surface area is 171 Å². The van der Waals surface area contributed by atoms with E-state index in [0.717, 1.165) is 11.1 Å². The van der Waals surface area contributed by atoms with E-state index in [1.165, 1.54) is 19.2 Å². The van der Waals surface area contributed by atoms with Gasteiger partial charge in [-0.25, -0.2) is 8.42 Å². The minimum atomic E-state index is -3.82. The molecule has 3 aromatic rings. The number of methoxy groups -OCH3 is 1. The van der Waals surface area contributed by atoms with E-state index in [4.69, 9.17) is 9.26 Å². The van der Waals surface area contributed by atoms with Crippen LogP contribution >= 0.6 is 0 Å². The molecule has 0 saturated carbocycles. The van der Waals surface area contributed by atoms with Gasteiger partial charge in [-0.15, -0.1) is 0 Å². The quantitative estimate of drug-likeness (QED) is 0.661. The maximum atomic E-state index is 13.0. The Morgan fingerprint density at radius 1 is 1.10 bits per heavy atom. The van der Waals surface area contributed by atoms with Crippen molar-refractivity contribution in [2.75, 3.05) is 11.8 Å². The topological polar surface area (TPSA) is 94.3 Å². The third kappa shape index (κ3) is 4.27. The van der Waals surface area contributed by atoms with Gasteiger partial charge < -0.3 is 9.26 Å². The van der Waals surface area contributed by atoms with Crippen LogP contribution in [0.2, 0.25) is 0 Å². The number of sulfonamides is 1. The van der Waals surface area contributed by atoms with Gasteiger partial charge in [-0.1, -0.05) is 38.1 Å². The highest BCUT2D eigenvalue weighted by Crippen LogP contribution is 2.33. The number of nitrogens with zero attached hydrogens (tertiary/aromatic N) is 2. The number of rotatable bonds is 5. The van der Waals surface area contributed by atoms with Crippen molar-refractivity contribution in [2.45, 2.75) is 44.9 Å². The SMILES string of the molecule is COc1ccc(S(=O)(=O)Nc2cccc(C)c2C)cc1-c1noc(C(C)(C)C)n1. The second-order valence-corrected chi connectivity index (χ2v) is 9.57. The number of nitrogens with one attached hydrogen (secondary N) is 1. The number of hydrogen-bond donors (Lipinski definition) is 1. The minimum Gasteiger partial charge on any atom is -0.496 e. The molecule has 0 aliphatic heterocycles. The Kier molecular flexibility index (Phi) is 5.40. The minimum absolute atomic E-state index is 0.0799. The highest BCUT2D eigenvalue weighted by Gasteiger charge is 2.25. The molecular weight excluding hydrogens is 390 g/mol. The van der Waals surface area contributed by atoms with Crippen molar-refractivity contribution in [3.05, 3.63) is 53.4 Å². The first-order valence-electron chi connectivity index (χ1n) is 9.14. The number of anilines is 1. The van der Waals surface area contributed by atoms with Crippen LogP contribution in [0, 0.1) is 13.8 Å². The molecule has 7 nitrogen and oxygen atoms in total. The van der Waals surface area contributed by atoms with Gasteiger partial charge in [0.2, 0.25) is 11.7 Å². The van der Waals surface area contributed by atoms with Crippen molar-refractivity contribution >= 4 is 15.7 Å². The van der Waals surface area contributed by atoms with Crippen LogP contribution in [0.4, 0.5) is 5.69 Å². The fraction of sp³-hybridized carbons (Fsp3) is 0.333. The highest BCUT2D eigenvalue weighted by molar-refractivity contribution is 7.92. The summed E-state index contributed by atoms with van der Waals surface area (Å²) in [5.74, 6) is 1.18. The molecule has 0 aliphatic rings. The summed E-state index contributed by atoms with van der Waals surface area (Å²) in [6.07, 6.45) is 0. The Morgan fingerprint density at radius 3 is 2.45 bits per heavy atom. The number of ether oxygens (including phenoxy) is 1. The lowest BCUT2D eigenvalue weighted by Crippen LogP contribution is -2.14. The number of aromatic nitrogens is 2. The molecule has 8 heteroatoms. The highest BCUT2D eigenvalue weighted by atomic mass is 32.2. The summed E-state index contributed by atoms with van der Waals surface area (Å²) in [6, 6.07) is 10.0. The summed E-state index contributed by atoms with van der Waals surface area (Å²) in [4.78, 5) is 4.50. The number of benzene rings is 2. The van der Waals surface area contributed by atoms with E-state index in [1.807, 2.05) is 46.8 Å². The number of aryl methyl sites for hydroxylation is 1. The lowest BCUT2D eigenvalue weighted by atomic mass is 9.97. The molecule has 0 unspecified atom stereocenters. The average molecular weight is 416 g/mol. The predicted molar refractivity (Wildman–Crippen MR) is 112 cm³/mol. The maximum absolute atomic E-state index is 13.0. The molecule has 1 aromatic heterocycles. The van der Waals surface area contributed by atoms with Crippen molar-refractivity contribution in [3.63, 3.8) is 0 Å². The van der Waals surface area contributed by atoms with Gasteiger partial charge in [0.25, 0.3) is 10.0 Å². The Hall–Kier alpha value is -2.87. The van der Waals surface area contributed by atoms with E-state index < -0.39 is 10.0 Å². The van der Waals surface area contributed by atoms with Crippen LogP contribution in [0.15, 0.2) is 45.8 Å². The van der Waals surface area contributed by atoms with Crippen LogP contribution in [0.25, 0.3) is 11.4 Å². The van der Waals surface area contributed by atoms with E-state index in [2.05, 4.69) is 14.9 Å². The molecule has 3 rings (SSSR count). The Morgan fingerprint density at radius 2 is 1.83 bits per heavy atom. The van der Waals surface area contributed by atoms with Crippen LogP contribution in [0.3, 0.4) is 0 Å². The fourth-order valence-corrected chi connectivity index (χ4v) is 3.88. The first-order valence-corrected chi connectivity index (χ1v) is 10.6. The Balaban J connectivity index is 2.04. The number of hydrogen-bond acceptors (Lipinski definition) is 6. The van der Waals surface area contributed by atoms with Gasteiger partial charge in [0.05, 0.1) is 23.3 Å².